The maximum absolute atomic E-state index is 15.3. The van der Waals surface area contributed by atoms with E-state index in [9.17, 15) is 34.4 Å². The first-order chi connectivity index (χ1) is 17.7. The summed E-state index contributed by atoms with van der Waals surface area (Å²) in [5, 5.41) is -0.800. The lowest BCUT2D eigenvalue weighted by atomic mass is 9.72. The van der Waals surface area contributed by atoms with Crippen LogP contribution in [0.5, 0.6) is 0 Å². The zero-order chi connectivity index (χ0) is 28.1. The van der Waals surface area contributed by atoms with Crippen molar-refractivity contribution in [1.29, 1.82) is 0 Å². The van der Waals surface area contributed by atoms with E-state index in [0.717, 1.165) is 30.3 Å². The smallest absolute Gasteiger partial charge is 0.223 e. The van der Waals surface area contributed by atoms with Crippen LogP contribution in [-0.4, -0.2) is 39.0 Å². The lowest BCUT2D eigenvalue weighted by Gasteiger charge is -2.51. The highest BCUT2D eigenvalue weighted by Crippen LogP contribution is 2.53. The topological polar surface area (TPSA) is 71.5 Å². The number of sulfone groups is 1. The molecule has 1 saturated heterocycles. The van der Waals surface area contributed by atoms with Gasteiger partial charge in [-0.15, -0.1) is 6.58 Å². The lowest BCUT2D eigenvalue weighted by Crippen LogP contribution is -2.58. The number of alkyl halides is 3. The van der Waals surface area contributed by atoms with E-state index in [1.807, 2.05) is 0 Å². The van der Waals surface area contributed by atoms with Crippen molar-refractivity contribution in [2.75, 3.05) is 6.54 Å². The van der Waals surface area contributed by atoms with Gasteiger partial charge in [-0.1, -0.05) is 13.0 Å². The van der Waals surface area contributed by atoms with Crippen LogP contribution in [0.4, 0.5) is 22.0 Å². The second kappa shape index (κ2) is 10.0. The number of benzene rings is 2. The van der Waals surface area contributed by atoms with Crippen LogP contribution in [0.1, 0.15) is 50.2 Å². The molecular formula is C26H28F5NO4S2. The van der Waals surface area contributed by atoms with E-state index in [-0.39, 0.29) is 38.6 Å². The van der Waals surface area contributed by atoms with Crippen LogP contribution in [0, 0.1) is 17.6 Å². The number of hydrogen-bond acceptors (Lipinski definition) is 4. The average molecular weight is 578 g/mol. The Labute approximate surface area is 219 Å². The van der Waals surface area contributed by atoms with Crippen LogP contribution in [0.2, 0.25) is 0 Å². The Bertz CT molecular complexity index is 1420. The fraction of sp³-hybridized carbons (Fsp3) is 0.462. The number of sulfonamides is 1. The van der Waals surface area contributed by atoms with Gasteiger partial charge in [0.25, 0.3) is 0 Å². The third-order valence-electron chi connectivity index (χ3n) is 7.85. The molecule has 2 fully saturated rings. The summed E-state index contributed by atoms with van der Waals surface area (Å²) in [6.45, 7) is 5.36. The lowest BCUT2D eigenvalue weighted by molar-refractivity contribution is -0.137. The Hall–Kier alpha value is -2.31. The van der Waals surface area contributed by atoms with E-state index < -0.39 is 75.7 Å². The Balaban J connectivity index is 1.88. The fourth-order valence-electron chi connectivity index (χ4n) is 6.01. The standard InChI is InChI=1S/C26H28F5NO4S2/c1-3-13-32-24-11-12-25(22-15-19(27)7-10-23(22)28,16-17(24)14-20(4-2)38(32,35)36)37(33,34)21-8-5-18(6-9-21)26(29,30)31/h3,5-10,15,17,20,24H,1,4,11-14,16H2,2H3/t17-,20-,24+,25-/m1/s1. The minimum Gasteiger partial charge on any atom is -0.223 e. The molecule has 0 unspecified atom stereocenters. The van der Waals surface area contributed by atoms with E-state index in [1.54, 1.807) is 6.92 Å². The summed E-state index contributed by atoms with van der Waals surface area (Å²) in [5.74, 6) is -2.35. The zero-order valence-electron chi connectivity index (χ0n) is 20.6. The van der Waals surface area contributed by atoms with Crippen LogP contribution in [0.15, 0.2) is 60.0 Å². The second-order valence-electron chi connectivity index (χ2n) is 9.88. The molecule has 208 valence electrons. The van der Waals surface area contributed by atoms with Crippen molar-refractivity contribution in [1.82, 2.24) is 4.31 Å². The number of rotatable bonds is 6. The molecule has 12 heteroatoms. The van der Waals surface area contributed by atoms with Crippen molar-refractivity contribution in [3.05, 3.63) is 77.9 Å². The van der Waals surface area contributed by atoms with Crippen molar-refractivity contribution < 1.29 is 38.8 Å². The van der Waals surface area contributed by atoms with Gasteiger partial charge in [0.05, 0.1) is 15.7 Å². The third kappa shape index (κ3) is 4.68. The summed E-state index contributed by atoms with van der Waals surface area (Å²) in [6.07, 6.45) is -3.29. The Kier molecular flexibility index (Phi) is 7.56. The summed E-state index contributed by atoms with van der Waals surface area (Å²) >= 11 is 0. The van der Waals surface area contributed by atoms with Gasteiger partial charge in [-0.3, -0.25) is 0 Å². The molecule has 0 radical (unpaired) electrons. The van der Waals surface area contributed by atoms with Crippen LogP contribution < -0.4 is 0 Å². The van der Waals surface area contributed by atoms with Gasteiger partial charge in [-0.2, -0.15) is 17.5 Å². The quantitative estimate of drug-likeness (QED) is 0.321. The molecule has 2 aromatic carbocycles. The molecule has 2 aromatic rings. The summed E-state index contributed by atoms with van der Waals surface area (Å²) in [5.41, 5.74) is -1.46. The average Bonchev–Trinajstić information content (AvgIpc) is 2.86. The highest BCUT2D eigenvalue weighted by atomic mass is 32.2. The molecule has 0 bridgehead atoms. The maximum atomic E-state index is 15.3. The van der Waals surface area contributed by atoms with Crippen LogP contribution in [0.25, 0.3) is 0 Å². The molecule has 4 rings (SSSR count). The van der Waals surface area contributed by atoms with Crippen molar-refractivity contribution in [2.45, 2.75) is 66.1 Å². The van der Waals surface area contributed by atoms with Gasteiger partial charge in [0.15, 0.2) is 9.84 Å². The molecule has 1 aliphatic carbocycles. The number of fused-ring (bicyclic) bond motifs is 1. The highest BCUT2D eigenvalue weighted by molar-refractivity contribution is 7.92. The summed E-state index contributed by atoms with van der Waals surface area (Å²) in [6, 6.07) is 4.85. The van der Waals surface area contributed by atoms with Crippen molar-refractivity contribution in [2.24, 2.45) is 5.92 Å². The predicted octanol–water partition coefficient (Wildman–Crippen LogP) is 5.82. The minimum absolute atomic E-state index is 0.0208. The van der Waals surface area contributed by atoms with Crippen molar-refractivity contribution >= 4 is 19.9 Å². The Morgan fingerprint density at radius 2 is 1.79 bits per heavy atom. The third-order valence-corrected chi connectivity index (χ3v) is 12.8. The minimum atomic E-state index is -4.69. The highest BCUT2D eigenvalue weighted by Gasteiger charge is 2.57. The monoisotopic (exact) mass is 577 g/mol. The van der Waals surface area contributed by atoms with Gasteiger partial charge < -0.3 is 0 Å². The Morgan fingerprint density at radius 3 is 2.37 bits per heavy atom. The largest absolute Gasteiger partial charge is 0.416 e. The molecule has 0 spiro atoms. The van der Waals surface area contributed by atoms with E-state index in [1.165, 1.54) is 10.4 Å². The van der Waals surface area contributed by atoms with Gasteiger partial charge in [0.1, 0.15) is 16.4 Å². The summed E-state index contributed by atoms with van der Waals surface area (Å²) in [4.78, 5) is -0.453. The van der Waals surface area contributed by atoms with Crippen LogP contribution in [0.3, 0.4) is 0 Å². The van der Waals surface area contributed by atoms with E-state index in [0.29, 0.717) is 12.1 Å². The summed E-state index contributed by atoms with van der Waals surface area (Å²) < 4.78 is 123. The van der Waals surface area contributed by atoms with E-state index in [2.05, 4.69) is 6.58 Å². The SMILES string of the molecule is C=CCN1[C@H]2CC[C@@](c3cc(F)ccc3F)(S(=O)(=O)c3ccc(C(F)(F)F)cc3)C[C@H]2C[C@@H](CC)S1(=O)=O. The number of halogens is 5. The normalized spacial score (nSPS) is 28.0. The number of hydrogen-bond donors (Lipinski definition) is 0. The van der Waals surface area contributed by atoms with E-state index >= 15 is 4.39 Å². The van der Waals surface area contributed by atoms with Crippen LogP contribution >= 0.6 is 0 Å². The molecule has 0 amide bonds. The number of nitrogens with zero attached hydrogens (tertiary/aromatic N) is 1. The van der Waals surface area contributed by atoms with Crippen molar-refractivity contribution in [3.63, 3.8) is 0 Å². The molecule has 1 aliphatic heterocycles. The molecule has 0 N–H and O–H groups in total. The zero-order valence-corrected chi connectivity index (χ0v) is 22.2. The molecule has 1 heterocycles. The summed E-state index contributed by atoms with van der Waals surface area (Å²) in [7, 11) is -8.27. The van der Waals surface area contributed by atoms with Gasteiger partial charge >= 0.3 is 6.18 Å². The first-order valence-corrected chi connectivity index (χ1v) is 15.2. The Morgan fingerprint density at radius 1 is 1.13 bits per heavy atom. The van der Waals surface area contributed by atoms with Crippen molar-refractivity contribution in [3.8, 4) is 0 Å². The fourth-order valence-corrected chi connectivity index (χ4v) is 10.5. The molecule has 1 saturated carbocycles. The van der Waals surface area contributed by atoms with E-state index in [4.69, 9.17) is 0 Å². The molecule has 0 aromatic heterocycles. The molecule has 4 atom stereocenters. The van der Waals surface area contributed by atoms with Gasteiger partial charge in [0.2, 0.25) is 10.0 Å². The second-order valence-corrected chi connectivity index (χ2v) is 14.3. The molecular weight excluding hydrogens is 549 g/mol. The molecule has 2 aliphatic rings. The maximum Gasteiger partial charge on any atom is 0.416 e. The first kappa shape index (κ1) is 28.7. The van der Waals surface area contributed by atoms with Crippen LogP contribution in [-0.2, 0) is 30.8 Å². The predicted molar refractivity (Wildman–Crippen MR) is 132 cm³/mol. The molecule has 5 nitrogen and oxygen atoms in total. The van der Waals surface area contributed by atoms with Gasteiger partial charge in [0, 0.05) is 18.2 Å². The first-order valence-electron chi connectivity index (χ1n) is 12.2. The van der Waals surface area contributed by atoms with Gasteiger partial charge in [-0.25, -0.2) is 25.6 Å². The molecule has 38 heavy (non-hydrogen) atoms. The van der Waals surface area contributed by atoms with Gasteiger partial charge in [-0.05, 0) is 80.5 Å².